The third kappa shape index (κ3) is 2.53. The molecule has 1 aliphatic carbocycles. The average Bonchev–Trinajstić information content (AvgIpc) is 3.19. The lowest BCUT2D eigenvalue weighted by Gasteiger charge is -2.11. The molecule has 1 atom stereocenters. The van der Waals surface area contributed by atoms with Crippen LogP contribution in [-0.2, 0) is 0 Å². The molecule has 0 aliphatic heterocycles. The minimum atomic E-state index is 0.00270. The van der Waals surface area contributed by atoms with Crippen LogP contribution in [0, 0.1) is 0 Å². The van der Waals surface area contributed by atoms with Crippen LogP contribution in [0.4, 0.5) is 0 Å². The summed E-state index contributed by atoms with van der Waals surface area (Å²) in [5.41, 5.74) is 5.43. The fourth-order valence-electron chi connectivity index (χ4n) is 3.08. The molecule has 1 heterocycles. The van der Waals surface area contributed by atoms with Gasteiger partial charge in [0.1, 0.15) is 11.8 Å². The number of hydrogen-bond donors (Lipinski definition) is 0. The van der Waals surface area contributed by atoms with E-state index in [1.54, 1.807) is 6.26 Å². The summed E-state index contributed by atoms with van der Waals surface area (Å²) in [5.74, 6) is 0.930. The Labute approximate surface area is 135 Å². The highest BCUT2D eigenvalue weighted by molar-refractivity contribution is 6.13. The molecule has 112 valence electrons. The topological polar surface area (TPSA) is 25.5 Å². The molecule has 1 aliphatic rings. The molecule has 3 aromatic rings. The van der Waals surface area contributed by atoms with Crippen LogP contribution in [0.15, 0.2) is 89.0 Å². The summed E-state index contributed by atoms with van der Waals surface area (Å²) in [5, 5.41) is 0. The Kier molecular flexibility index (Phi) is 3.43. The molecule has 0 radical (unpaired) electrons. The van der Waals surface area contributed by atoms with Crippen molar-refractivity contribution in [3.63, 3.8) is 0 Å². The first-order valence-corrected chi connectivity index (χ1v) is 7.77. The standard InChI is InChI=1S/C21H17NO/c1-15-14-19(21-18(15)12-13-23-21)22-20(16-8-4-2-5-9-16)17-10-6-3-7-11-17/h2-13,19H,1,14H2. The van der Waals surface area contributed by atoms with Crippen molar-refractivity contribution in [2.45, 2.75) is 12.5 Å². The number of nitrogens with zero attached hydrogens (tertiary/aromatic N) is 1. The molecular weight excluding hydrogens is 282 g/mol. The third-order valence-electron chi connectivity index (χ3n) is 4.20. The van der Waals surface area contributed by atoms with Gasteiger partial charge in [-0.1, -0.05) is 67.2 Å². The minimum Gasteiger partial charge on any atom is -0.466 e. The van der Waals surface area contributed by atoms with E-state index in [0.717, 1.165) is 40.2 Å². The first kappa shape index (κ1) is 13.8. The first-order valence-electron chi connectivity index (χ1n) is 7.77. The SMILES string of the molecule is C=C1CC(N=C(c2ccccc2)c2ccccc2)c2occc21. The smallest absolute Gasteiger partial charge is 0.136 e. The highest BCUT2D eigenvalue weighted by Gasteiger charge is 2.28. The summed E-state index contributed by atoms with van der Waals surface area (Å²) < 4.78 is 5.66. The molecule has 2 nitrogen and oxygen atoms in total. The van der Waals surface area contributed by atoms with Gasteiger partial charge in [0.2, 0.25) is 0 Å². The zero-order chi connectivity index (χ0) is 15.6. The van der Waals surface area contributed by atoms with Gasteiger partial charge < -0.3 is 4.42 Å². The molecular formula is C21H17NO. The van der Waals surface area contributed by atoms with Crippen LogP contribution in [-0.4, -0.2) is 5.71 Å². The summed E-state index contributed by atoms with van der Waals surface area (Å²) in [6.07, 6.45) is 2.54. The Hall–Kier alpha value is -2.87. The third-order valence-corrected chi connectivity index (χ3v) is 4.20. The molecule has 0 fully saturated rings. The second-order valence-corrected chi connectivity index (χ2v) is 5.73. The fourth-order valence-corrected chi connectivity index (χ4v) is 3.08. The lowest BCUT2D eigenvalue weighted by Crippen LogP contribution is -2.05. The van der Waals surface area contributed by atoms with Crippen molar-refractivity contribution in [2.24, 2.45) is 4.99 Å². The number of aliphatic imine (C=N–C) groups is 1. The van der Waals surface area contributed by atoms with Gasteiger partial charge in [-0.3, -0.25) is 4.99 Å². The van der Waals surface area contributed by atoms with Crippen molar-refractivity contribution in [3.05, 3.63) is 102 Å². The lowest BCUT2D eigenvalue weighted by atomic mass is 10.0. The van der Waals surface area contributed by atoms with E-state index in [1.165, 1.54) is 0 Å². The number of hydrogen-bond acceptors (Lipinski definition) is 2. The summed E-state index contributed by atoms with van der Waals surface area (Å²) in [4.78, 5) is 5.04. The summed E-state index contributed by atoms with van der Waals surface area (Å²) in [6, 6.07) is 22.6. The summed E-state index contributed by atoms with van der Waals surface area (Å²) in [7, 11) is 0. The second-order valence-electron chi connectivity index (χ2n) is 5.73. The maximum atomic E-state index is 5.66. The molecule has 0 bridgehead atoms. The number of rotatable bonds is 3. The van der Waals surface area contributed by atoms with E-state index in [4.69, 9.17) is 9.41 Å². The largest absolute Gasteiger partial charge is 0.466 e. The lowest BCUT2D eigenvalue weighted by molar-refractivity contribution is 0.479. The van der Waals surface area contributed by atoms with Crippen molar-refractivity contribution in [1.29, 1.82) is 0 Å². The molecule has 2 heteroatoms. The zero-order valence-corrected chi connectivity index (χ0v) is 12.8. The van der Waals surface area contributed by atoms with E-state index in [1.807, 2.05) is 42.5 Å². The highest BCUT2D eigenvalue weighted by Crippen LogP contribution is 2.42. The first-order chi connectivity index (χ1) is 11.3. The van der Waals surface area contributed by atoms with Gasteiger partial charge in [0.25, 0.3) is 0 Å². The van der Waals surface area contributed by atoms with Crippen LogP contribution in [0.25, 0.3) is 5.57 Å². The van der Waals surface area contributed by atoms with Crippen molar-refractivity contribution in [2.75, 3.05) is 0 Å². The van der Waals surface area contributed by atoms with Gasteiger partial charge in [-0.15, -0.1) is 0 Å². The second kappa shape index (κ2) is 5.73. The van der Waals surface area contributed by atoms with Gasteiger partial charge in [-0.2, -0.15) is 0 Å². The highest BCUT2D eigenvalue weighted by atomic mass is 16.3. The Morgan fingerprint density at radius 3 is 2.13 bits per heavy atom. The van der Waals surface area contributed by atoms with E-state index in [2.05, 4.69) is 30.8 Å². The van der Waals surface area contributed by atoms with E-state index in [0.29, 0.717) is 0 Å². The van der Waals surface area contributed by atoms with Gasteiger partial charge in [0.15, 0.2) is 0 Å². The Morgan fingerprint density at radius 1 is 0.913 bits per heavy atom. The molecule has 1 aromatic heterocycles. The van der Waals surface area contributed by atoms with Gasteiger partial charge in [0, 0.05) is 23.1 Å². The molecule has 0 spiro atoms. The van der Waals surface area contributed by atoms with Crippen LogP contribution in [0.3, 0.4) is 0 Å². The van der Waals surface area contributed by atoms with E-state index in [-0.39, 0.29) is 6.04 Å². The van der Waals surface area contributed by atoms with E-state index >= 15 is 0 Å². The monoisotopic (exact) mass is 299 g/mol. The molecule has 0 saturated carbocycles. The predicted molar refractivity (Wildman–Crippen MR) is 93.6 cm³/mol. The normalized spacial score (nSPS) is 16.2. The van der Waals surface area contributed by atoms with Crippen LogP contribution >= 0.6 is 0 Å². The quantitative estimate of drug-likeness (QED) is 0.604. The molecule has 1 unspecified atom stereocenters. The summed E-state index contributed by atoms with van der Waals surface area (Å²) >= 11 is 0. The van der Waals surface area contributed by atoms with Crippen LogP contribution in [0.1, 0.15) is 34.9 Å². The van der Waals surface area contributed by atoms with Gasteiger partial charge in [0.05, 0.1) is 12.0 Å². The minimum absolute atomic E-state index is 0.00270. The Bertz CT molecular complexity index is 818. The molecule has 2 aromatic carbocycles. The summed E-state index contributed by atoms with van der Waals surface area (Å²) in [6.45, 7) is 4.14. The number of fused-ring (bicyclic) bond motifs is 1. The fraction of sp³-hybridized carbons (Fsp3) is 0.0952. The number of furan rings is 1. The molecule has 0 N–H and O–H groups in total. The zero-order valence-electron chi connectivity index (χ0n) is 12.8. The predicted octanol–water partition coefficient (Wildman–Crippen LogP) is 5.28. The maximum Gasteiger partial charge on any atom is 0.136 e. The average molecular weight is 299 g/mol. The van der Waals surface area contributed by atoms with Crippen LogP contribution in [0.2, 0.25) is 0 Å². The maximum absolute atomic E-state index is 5.66. The molecule has 23 heavy (non-hydrogen) atoms. The molecule has 0 saturated heterocycles. The van der Waals surface area contributed by atoms with E-state index < -0.39 is 0 Å². The van der Waals surface area contributed by atoms with Gasteiger partial charge in [-0.05, 0) is 11.6 Å². The Balaban J connectivity index is 1.82. The van der Waals surface area contributed by atoms with E-state index in [9.17, 15) is 0 Å². The number of benzene rings is 2. The van der Waals surface area contributed by atoms with Crippen molar-refractivity contribution >= 4 is 11.3 Å². The van der Waals surface area contributed by atoms with Gasteiger partial charge in [-0.25, -0.2) is 0 Å². The molecule has 4 rings (SSSR count). The van der Waals surface area contributed by atoms with Crippen LogP contribution in [0.5, 0.6) is 0 Å². The van der Waals surface area contributed by atoms with Crippen LogP contribution < -0.4 is 0 Å². The van der Waals surface area contributed by atoms with Crippen molar-refractivity contribution in [1.82, 2.24) is 0 Å². The van der Waals surface area contributed by atoms with Gasteiger partial charge >= 0.3 is 0 Å². The molecule has 0 amide bonds. The van der Waals surface area contributed by atoms with Crippen molar-refractivity contribution < 1.29 is 4.42 Å². The van der Waals surface area contributed by atoms with Crippen molar-refractivity contribution in [3.8, 4) is 0 Å². The Morgan fingerprint density at radius 2 is 1.52 bits per heavy atom.